The SMILES string of the molecule is COC(=O)N[C@H](C(=O)N1C[C@H](NC(C)=O)C[C@H]1c1ncc(-c2ccc(-c3ccc4c(ccc5[nH]c([C@@H]6CCCN6C(=O)[C@@H](NC(=O)OC)C(C)C)nc54)c3)cc2)[nH]1)C(C)C. The van der Waals surface area contributed by atoms with Crippen LogP contribution >= 0.6 is 0 Å². The zero-order valence-electron chi connectivity index (χ0n) is 35.0. The Morgan fingerprint density at radius 1 is 0.767 bits per heavy atom. The van der Waals surface area contributed by atoms with Crippen LogP contribution in [0.4, 0.5) is 9.59 Å². The van der Waals surface area contributed by atoms with Gasteiger partial charge in [0.05, 0.1) is 49.2 Å². The van der Waals surface area contributed by atoms with E-state index < -0.39 is 30.3 Å². The minimum Gasteiger partial charge on any atom is -0.453 e. The molecule has 0 saturated carbocycles. The third-order valence-corrected chi connectivity index (χ3v) is 11.6. The van der Waals surface area contributed by atoms with Crippen molar-refractivity contribution in [3.63, 3.8) is 0 Å². The summed E-state index contributed by atoms with van der Waals surface area (Å²) in [5.41, 5.74) is 5.45. The van der Waals surface area contributed by atoms with Crippen molar-refractivity contribution in [2.24, 2.45) is 11.8 Å². The smallest absolute Gasteiger partial charge is 0.407 e. The second-order valence-electron chi connectivity index (χ2n) is 16.3. The number of amides is 5. The number of fused-ring (bicyclic) bond motifs is 3. The van der Waals surface area contributed by atoms with Crippen molar-refractivity contribution in [3.8, 4) is 22.4 Å². The van der Waals surface area contributed by atoms with Crippen molar-refractivity contribution in [2.45, 2.75) is 84.1 Å². The number of methoxy groups -OCH3 is 2. The molecular weight excluding hydrogens is 767 g/mol. The molecule has 5 N–H and O–H groups in total. The number of rotatable bonds is 11. The van der Waals surface area contributed by atoms with Crippen LogP contribution in [0.25, 0.3) is 44.2 Å². The minimum absolute atomic E-state index is 0.123. The molecule has 2 aliphatic rings. The lowest BCUT2D eigenvalue weighted by molar-refractivity contribution is -0.136. The minimum atomic E-state index is -0.821. The summed E-state index contributed by atoms with van der Waals surface area (Å²) in [7, 11) is 2.54. The molecule has 0 spiro atoms. The van der Waals surface area contributed by atoms with Gasteiger partial charge in [-0.15, -0.1) is 0 Å². The first kappa shape index (κ1) is 41.7. The van der Waals surface area contributed by atoms with E-state index in [2.05, 4.69) is 67.3 Å². The number of imidazole rings is 2. The van der Waals surface area contributed by atoms with Gasteiger partial charge in [-0.05, 0) is 65.3 Å². The fourth-order valence-electron chi connectivity index (χ4n) is 8.46. The van der Waals surface area contributed by atoms with Gasteiger partial charge in [-0.1, -0.05) is 70.2 Å². The van der Waals surface area contributed by atoms with E-state index >= 15 is 0 Å². The number of carbonyl (C=O) groups excluding carboxylic acids is 5. The number of nitrogens with one attached hydrogen (secondary N) is 5. The van der Waals surface area contributed by atoms with Crippen molar-refractivity contribution >= 4 is 51.7 Å². The topological polar surface area (TPSA) is 204 Å². The molecule has 5 aromatic rings. The summed E-state index contributed by atoms with van der Waals surface area (Å²) in [5, 5.41) is 10.3. The molecule has 16 heteroatoms. The molecular formula is C44H53N9O7. The molecule has 2 saturated heterocycles. The average molecular weight is 820 g/mol. The highest BCUT2D eigenvalue weighted by Crippen LogP contribution is 2.37. The number of aromatic nitrogens is 4. The molecule has 3 aromatic carbocycles. The first-order chi connectivity index (χ1) is 28.8. The molecule has 7 rings (SSSR count). The van der Waals surface area contributed by atoms with Crippen LogP contribution in [0.15, 0.2) is 60.8 Å². The second kappa shape index (κ2) is 17.4. The molecule has 2 aliphatic heterocycles. The van der Waals surface area contributed by atoms with Crippen LogP contribution in [0.1, 0.15) is 77.6 Å². The summed E-state index contributed by atoms with van der Waals surface area (Å²) < 4.78 is 9.56. The predicted molar refractivity (Wildman–Crippen MR) is 225 cm³/mol. The fraction of sp³-hybridized carbons (Fsp3) is 0.432. The van der Waals surface area contributed by atoms with Gasteiger partial charge in [-0.25, -0.2) is 19.6 Å². The zero-order chi connectivity index (χ0) is 42.8. The number of alkyl carbamates (subject to hydrolysis) is 2. The predicted octanol–water partition coefficient (Wildman–Crippen LogP) is 5.98. The molecule has 2 fully saturated rings. The van der Waals surface area contributed by atoms with Crippen molar-refractivity contribution < 1.29 is 33.4 Å². The third-order valence-electron chi connectivity index (χ3n) is 11.6. The number of likely N-dealkylation sites (tertiary alicyclic amines) is 2. The average Bonchev–Trinajstić information content (AvgIpc) is 4.07. The molecule has 0 radical (unpaired) electrons. The molecule has 4 heterocycles. The summed E-state index contributed by atoms with van der Waals surface area (Å²) in [6, 6.07) is 16.0. The Kier molecular flexibility index (Phi) is 12.1. The number of benzene rings is 3. The highest BCUT2D eigenvalue weighted by molar-refractivity contribution is 6.05. The van der Waals surface area contributed by atoms with Crippen LogP contribution in [0, 0.1) is 11.8 Å². The van der Waals surface area contributed by atoms with Crippen LogP contribution in [-0.4, -0.2) is 105 Å². The monoisotopic (exact) mass is 819 g/mol. The molecule has 5 atom stereocenters. The number of carbonyl (C=O) groups is 5. The maximum absolute atomic E-state index is 13.9. The fourth-order valence-corrected chi connectivity index (χ4v) is 8.46. The standard InChI is InChI=1S/C44H53N9O7/c1-23(2)36(50-43(57)59-6)41(55)52-18-8-9-34(52)40-47-32-17-15-29-19-28(14-16-31(29)38(32)49-40)26-10-12-27(13-11-26)33-21-45-39(48-33)35-20-30(46-25(5)54)22-53(35)42(56)37(24(3)4)51-44(58)60-7/h10-17,19,21,23-24,30,34-37H,8-9,18,20,22H2,1-7H3,(H,45,48)(H,46,54)(H,47,49)(H,50,57)(H,51,58)/t30-,34+,35+,36+,37+/m1/s1. The largest absolute Gasteiger partial charge is 0.453 e. The number of H-pyrrole nitrogens is 2. The molecule has 0 bridgehead atoms. The Bertz CT molecular complexity index is 2410. The zero-order valence-corrected chi connectivity index (χ0v) is 35.0. The van der Waals surface area contributed by atoms with Crippen molar-refractivity contribution in [3.05, 3.63) is 72.4 Å². The molecule has 60 heavy (non-hydrogen) atoms. The van der Waals surface area contributed by atoms with Gasteiger partial charge >= 0.3 is 12.2 Å². The Morgan fingerprint density at radius 2 is 1.40 bits per heavy atom. The highest BCUT2D eigenvalue weighted by atomic mass is 16.5. The Balaban J connectivity index is 1.09. The Hall–Kier alpha value is -6.45. The van der Waals surface area contributed by atoms with E-state index in [1.807, 2.05) is 50.8 Å². The summed E-state index contributed by atoms with van der Waals surface area (Å²) >= 11 is 0. The van der Waals surface area contributed by atoms with E-state index in [4.69, 9.17) is 14.5 Å². The number of hydrogen-bond donors (Lipinski definition) is 5. The summed E-state index contributed by atoms with van der Waals surface area (Å²) in [6.07, 6.45) is 2.47. The molecule has 5 amide bonds. The maximum Gasteiger partial charge on any atom is 0.407 e. The van der Waals surface area contributed by atoms with Gasteiger partial charge in [0.25, 0.3) is 0 Å². The molecule has 316 valence electrons. The van der Waals surface area contributed by atoms with E-state index in [9.17, 15) is 24.0 Å². The third kappa shape index (κ3) is 8.49. The van der Waals surface area contributed by atoms with Crippen LogP contribution in [0.2, 0.25) is 0 Å². The molecule has 0 unspecified atom stereocenters. The van der Waals surface area contributed by atoms with Crippen LogP contribution in [-0.2, 0) is 23.9 Å². The van der Waals surface area contributed by atoms with E-state index in [1.165, 1.54) is 21.1 Å². The van der Waals surface area contributed by atoms with Crippen LogP contribution < -0.4 is 16.0 Å². The lowest BCUT2D eigenvalue weighted by atomic mass is 9.99. The van der Waals surface area contributed by atoms with Crippen LogP contribution in [0.3, 0.4) is 0 Å². The van der Waals surface area contributed by atoms with Crippen molar-refractivity contribution in [1.29, 1.82) is 0 Å². The Labute approximate surface area is 348 Å². The molecule has 0 aliphatic carbocycles. The second-order valence-corrected chi connectivity index (χ2v) is 16.3. The number of nitrogens with zero attached hydrogens (tertiary/aromatic N) is 4. The lowest BCUT2D eigenvalue weighted by Crippen LogP contribution is -2.51. The van der Waals surface area contributed by atoms with E-state index in [-0.39, 0.29) is 48.2 Å². The van der Waals surface area contributed by atoms with Crippen molar-refractivity contribution in [2.75, 3.05) is 27.3 Å². The molecule has 2 aromatic heterocycles. The van der Waals surface area contributed by atoms with E-state index in [0.717, 1.165) is 62.9 Å². The number of ether oxygens (including phenoxy) is 2. The summed E-state index contributed by atoms with van der Waals surface area (Å²) in [6.45, 7) is 9.80. The van der Waals surface area contributed by atoms with Crippen LogP contribution in [0.5, 0.6) is 0 Å². The lowest BCUT2D eigenvalue weighted by Gasteiger charge is -2.30. The van der Waals surface area contributed by atoms with Gasteiger partial charge in [0, 0.05) is 31.4 Å². The maximum atomic E-state index is 13.9. The van der Waals surface area contributed by atoms with Gasteiger partial charge < -0.3 is 45.2 Å². The van der Waals surface area contributed by atoms with Gasteiger partial charge in [-0.2, -0.15) is 0 Å². The quantitative estimate of drug-likeness (QED) is 0.106. The first-order valence-corrected chi connectivity index (χ1v) is 20.4. The Morgan fingerprint density at radius 3 is 2.03 bits per heavy atom. The van der Waals surface area contributed by atoms with E-state index in [1.54, 1.807) is 11.1 Å². The highest BCUT2D eigenvalue weighted by Gasteiger charge is 2.42. The van der Waals surface area contributed by atoms with Gasteiger partial charge in [0.15, 0.2) is 0 Å². The van der Waals surface area contributed by atoms with Crippen molar-refractivity contribution in [1.82, 2.24) is 45.7 Å². The van der Waals surface area contributed by atoms with Gasteiger partial charge in [-0.3, -0.25) is 14.4 Å². The normalized spacial score (nSPS) is 18.9. The number of aromatic amines is 2. The van der Waals surface area contributed by atoms with Gasteiger partial charge in [0.2, 0.25) is 17.7 Å². The van der Waals surface area contributed by atoms with Gasteiger partial charge in [0.1, 0.15) is 23.7 Å². The van der Waals surface area contributed by atoms with E-state index in [0.29, 0.717) is 18.8 Å². The first-order valence-electron chi connectivity index (χ1n) is 20.4. The molecule has 16 nitrogen and oxygen atoms in total. The number of hydrogen-bond acceptors (Lipinski definition) is 9. The summed E-state index contributed by atoms with van der Waals surface area (Å²) in [5.74, 6) is 0.355. The summed E-state index contributed by atoms with van der Waals surface area (Å²) in [4.78, 5) is 83.8.